The molecule has 1 fully saturated rings. The highest BCUT2D eigenvalue weighted by molar-refractivity contribution is 7.68. The monoisotopic (exact) mass is 520 g/mol. The van der Waals surface area contributed by atoms with E-state index in [4.69, 9.17) is 19.0 Å². The van der Waals surface area contributed by atoms with Gasteiger partial charge in [0, 0.05) is 37.3 Å². The molecule has 2 atom stereocenters. The van der Waals surface area contributed by atoms with Crippen LogP contribution in [0.5, 0.6) is 0 Å². The van der Waals surface area contributed by atoms with Gasteiger partial charge in [-0.05, 0) is 55.1 Å². The number of ether oxygens (including phenoxy) is 1. The number of fused-ring (bicyclic) bond motifs is 2. The Morgan fingerprint density at radius 1 is 1.11 bits per heavy atom. The van der Waals surface area contributed by atoms with Crippen molar-refractivity contribution in [3.05, 3.63) is 69.9 Å². The van der Waals surface area contributed by atoms with Crippen LogP contribution in [-0.2, 0) is 14.7 Å². The number of thiophene rings is 1. The molecule has 0 N–H and O–H groups in total. The highest BCUT2D eigenvalue weighted by Crippen LogP contribution is 2.61. The average Bonchev–Trinajstić information content (AvgIpc) is 3.48. The molecule has 1 aromatic heterocycles. The van der Waals surface area contributed by atoms with E-state index in [-0.39, 0.29) is 5.41 Å². The highest BCUT2D eigenvalue weighted by atomic mass is 32.1. The molecule has 1 saturated heterocycles. The van der Waals surface area contributed by atoms with Gasteiger partial charge >= 0.3 is 0 Å². The van der Waals surface area contributed by atoms with Gasteiger partial charge in [-0.3, -0.25) is 0 Å². The Bertz CT molecular complexity index is 1380. The number of nitrogens with zero attached hydrogens (tertiary/aromatic N) is 4. The van der Waals surface area contributed by atoms with Gasteiger partial charge in [0.25, 0.3) is 0 Å². The van der Waals surface area contributed by atoms with E-state index in [1.807, 2.05) is 6.07 Å². The van der Waals surface area contributed by atoms with Crippen LogP contribution in [0.15, 0.2) is 63.6 Å². The van der Waals surface area contributed by atoms with Crippen molar-refractivity contribution in [3.63, 3.8) is 0 Å². The maximum atomic E-state index is 7.06. The van der Waals surface area contributed by atoms with Crippen LogP contribution >= 0.6 is 18.8 Å². The van der Waals surface area contributed by atoms with Gasteiger partial charge in [0.15, 0.2) is 0 Å². The first-order valence-corrected chi connectivity index (χ1v) is 15.0. The molecule has 6 nitrogen and oxygen atoms in total. The molecule has 3 aliphatic heterocycles. The molecule has 4 heterocycles. The first-order chi connectivity index (χ1) is 17.3. The first-order valence-electron chi connectivity index (χ1n) is 12.6. The van der Waals surface area contributed by atoms with Crippen molar-refractivity contribution in [2.24, 2.45) is 9.74 Å². The number of aliphatic imine (C=N–C) groups is 1. The summed E-state index contributed by atoms with van der Waals surface area (Å²) in [5.74, 6) is 0.668. The fraction of sp³-hybridized carbons (Fsp3) is 0.393. The van der Waals surface area contributed by atoms with E-state index in [0.717, 1.165) is 34.6 Å². The fourth-order valence-electron chi connectivity index (χ4n) is 5.35. The maximum absolute atomic E-state index is 7.06. The van der Waals surface area contributed by atoms with E-state index in [9.17, 15) is 0 Å². The SMILES string of the molecule is Cc1ccc(N=[P@@]2(N3CCOCC3)OC(c3cccs3)=Nc3cc4c(cc32)C(C)(C)[C@@H](C)N4C)cc1. The molecule has 0 saturated carbocycles. The van der Waals surface area contributed by atoms with E-state index in [1.165, 1.54) is 16.8 Å². The van der Waals surface area contributed by atoms with Crippen molar-refractivity contribution in [3.8, 4) is 0 Å². The Morgan fingerprint density at radius 2 is 1.86 bits per heavy atom. The van der Waals surface area contributed by atoms with Crippen LogP contribution in [0.2, 0.25) is 0 Å². The quantitative estimate of drug-likeness (QED) is 0.365. The van der Waals surface area contributed by atoms with E-state index in [1.54, 1.807) is 11.3 Å². The number of benzene rings is 2. The van der Waals surface area contributed by atoms with Crippen LogP contribution in [0.4, 0.5) is 17.1 Å². The zero-order valence-electron chi connectivity index (χ0n) is 21.6. The summed E-state index contributed by atoms with van der Waals surface area (Å²) in [6, 6.07) is 17.6. The molecule has 0 amide bonds. The zero-order valence-corrected chi connectivity index (χ0v) is 23.3. The second-order valence-corrected chi connectivity index (χ2v) is 13.9. The molecule has 0 unspecified atom stereocenters. The molecular weight excluding hydrogens is 487 g/mol. The van der Waals surface area contributed by atoms with Crippen molar-refractivity contribution < 1.29 is 9.26 Å². The lowest BCUT2D eigenvalue weighted by Crippen LogP contribution is -2.39. The van der Waals surface area contributed by atoms with Gasteiger partial charge < -0.3 is 14.2 Å². The van der Waals surface area contributed by atoms with Crippen LogP contribution < -0.4 is 10.2 Å². The molecule has 6 rings (SSSR count). The van der Waals surface area contributed by atoms with Crippen LogP contribution in [0.1, 0.15) is 36.8 Å². The summed E-state index contributed by atoms with van der Waals surface area (Å²) in [7, 11) is -0.493. The van der Waals surface area contributed by atoms with E-state index in [0.29, 0.717) is 25.2 Å². The first kappa shape index (κ1) is 23.9. The van der Waals surface area contributed by atoms with Crippen LogP contribution in [0, 0.1) is 6.92 Å². The number of morpholine rings is 1. The number of anilines is 1. The van der Waals surface area contributed by atoms with Gasteiger partial charge in [0.2, 0.25) is 13.3 Å². The Labute approximate surface area is 217 Å². The molecule has 0 spiro atoms. The summed E-state index contributed by atoms with van der Waals surface area (Å²) in [6.45, 7) is 12.0. The molecule has 3 aromatic rings. The fourth-order valence-corrected chi connectivity index (χ4v) is 9.10. The van der Waals surface area contributed by atoms with Crippen molar-refractivity contribution >= 4 is 47.0 Å². The van der Waals surface area contributed by atoms with Crippen LogP contribution in [0.3, 0.4) is 0 Å². The standard InChI is InChI=1S/C28H33N4O2PS/c1-19-8-10-21(11-9-19)30-35(32-12-14-33-15-13-32)25-17-22-24(31(5)20(2)28(22,3)4)18-23(25)29-27(34-35)26-7-6-16-36-26/h6-11,16-18,20H,12-15H2,1-5H3/t20-,35+/m1/s1. The number of aryl methyl sites for hydroxylation is 1. The minimum Gasteiger partial charge on any atom is -0.424 e. The second kappa shape index (κ2) is 8.84. The minimum atomic E-state index is -2.68. The zero-order chi connectivity index (χ0) is 25.1. The topological polar surface area (TPSA) is 49.7 Å². The predicted octanol–water partition coefficient (Wildman–Crippen LogP) is 6.60. The normalized spacial score (nSPS) is 25.1. The summed E-state index contributed by atoms with van der Waals surface area (Å²) in [4.78, 5) is 8.52. The lowest BCUT2D eigenvalue weighted by Gasteiger charge is -2.40. The lowest BCUT2D eigenvalue weighted by molar-refractivity contribution is 0.0716. The number of rotatable bonds is 3. The smallest absolute Gasteiger partial charge is 0.242 e. The lowest BCUT2D eigenvalue weighted by atomic mass is 9.81. The third-order valence-electron chi connectivity index (χ3n) is 7.93. The molecule has 0 aliphatic carbocycles. The molecule has 188 valence electrons. The van der Waals surface area contributed by atoms with E-state index >= 15 is 0 Å². The number of likely N-dealkylation sites (N-methyl/N-ethyl adjacent to an activating group) is 1. The Kier molecular flexibility index (Phi) is 5.88. The van der Waals surface area contributed by atoms with Gasteiger partial charge in [-0.1, -0.05) is 37.6 Å². The molecule has 3 aliphatic rings. The molecule has 0 bridgehead atoms. The van der Waals surface area contributed by atoms with Crippen molar-refractivity contribution in [2.75, 3.05) is 38.3 Å². The minimum absolute atomic E-state index is 0.00137. The van der Waals surface area contributed by atoms with Crippen molar-refractivity contribution in [1.82, 2.24) is 4.67 Å². The highest BCUT2D eigenvalue weighted by Gasteiger charge is 2.46. The largest absolute Gasteiger partial charge is 0.424 e. The summed E-state index contributed by atoms with van der Waals surface area (Å²) >= 11 is 1.65. The van der Waals surface area contributed by atoms with Gasteiger partial charge in [-0.15, -0.1) is 11.3 Å². The Hall–Kier alpha value is -2.44. The third kappa shape index (κ3) is 3.76. The summed E-state index contributed by atoms with van der Waals surface area (Å²) in [6.07, 6.45) is 0. The van der Waals surface area contributed by atoms with Crippen LogP contribution in [-0.4, -0.2) is 50.0 Å². The molecular formula is C28H33N4O2PS. The average molecular weight is 521 g/mol. The second-order valence-electron chi connectivity index (χ2n) is 10.4. The van der Waals surface area contributed by atoms with Gasteiger partial charge in [0.05, 0.1) is 34.8 Å². The van der Waals surface area contributed by atoms with Gasteiger partial charge in [0.1, 0.15) is 0 Å². The van der Waals surface area contributed by atoms with Crippen molar-refractivity contribution in [2.45, 2.75) is 39.2 Å². The summed E-state index contributed by atoms with van der Waals surface area (Å²) < 4.78 is 20.8. The molecule has 8 heteroatoms. The maximum Gasteiger partial charge on any atom is 0.242 e. The summed E-state index contributed by atoms with van der Waals surface area (Å²) in [5, 5.41) is 3.18. The van der Waals surface area contributed by atoms with Gasteiger partial charge in [-0.2, -0.15) is 0 Å². The molecule has 36 heavy (non-hydrogen) atoms. The Morgan fingerprint density at radius 3 is 2.56 bits per heavy atom. The molecule has 0 radical (unpaired) electrons. The van der Waals surface area contributed by atoms with E-state index < -0.39 is 7.43 Å². The van der Waals surface area contributed by atoms with Crippen LogP contribution in [0.25, 0.3) is 0 Å². The van der Waals surface area contributed by atoms with Gasteiger partial charge in [-0.25, -0.2) is 14.4 Å². The van der Waals surface area contributed by atoms with E-state index in [2.05, 4.69) is 92.2 Å². The number of hydrogen-bond acceptors (Lipinski definition) is 6. The number of hydrogen-bond donors (Lipinski definition) is 0. The van der Waals surface area contributed by atoms with Crippen molar-refractivity contribution in [1.29, 1.82) is 0 Å². The molecule has 2 aromatic carbocycles. The third-order valence-corrected chi connectivity index (χ3v) is 11.9. The predicted molar refractivity (Wildman–Crippen MR) is 151 cm³/mol. The summed E-state index contributed by atoms with van der Waals surface area (Å²) in [5.41, 5.74) is 5.71. The Balaban J connectivity index is 1.66.